The molecule has 0 fully saturated rings. The van der Waals surface area contributed by atoms with E-state index in [1.807, 2.05) is 0 Å². The molecule has 17 nitrogen and oxygen atoms in total. The van der Waals surface area contributed by atoms with E-state index in [9.17, 15) is 43.2 Å². The first kappa shape index (κ1) is 94.5. The predicted molar refractivity (Wildman–Crippen MR) is 400 cm³/mol. The molecule has 0 aromatic heterocycles. The minimum atomic E-state index is -4.97. The summed E-state index contributed by atoms with van der Waals surface area (Å²) in [7, 11) is -9.94. The maximum Gasteiger partial charge on any atom is 0.472 e. The Balaban J connectivity index is 5.32. The number of carbonyl (C=O) groups is 4. The standard InChI is InChI=1S/C79H142O17P2/c1-5-9-13-17-21-25-29-33-35-36-38-42-44-48-52-56-60-64-77(82)90-70-75(96-79(84)66-62-58-54-50-46-40-32-28-24-20-16-12-8-4)72-94-98(87,88)92-68-73(80)67-91-97(85,86)93-71-74(95-78(83)65-61-57-53-49-45-39-31-27-23-19-15-11-7-3)69-89-76(81)63-59-55-51-47-43-41-37-34-30-26-22-18-14-10-6-2/h9,13,16,20-21,25,28,32-35,37,73-75,80H,5-8,10-12,14-15,17-19,22-24,26-27,29-31,36,38-72H2,1-4H3,(H,85,86)(H,87,88)/b13-9-,20-16-,25-21-,32-28-,35-33-,37-34-. The third-order valence-corrected chi connectivity index (χ3v) is 18.5. The van der Waals surface area contributed by atoms with Crippen molar-refractivity contribution in [2.24, 2.45) is 0 Å². The van der Waals surface area contributed by atoms with Crippen LogP contribution in [0.4, 0.5) is 0 Å². The number of rotatable bonds is 74. The Morgan fingerprint density at radius 1 is 0.296 bits per heavy atom. The SMILES string of the molecule is CC/C=C\C/C=C\C/C=C\CCCCCCCCCC(=O)OCC(COP(=O)(O)OCC(O)COP(=O)(O)OCC(COC(=O)CCCCCCC/C=C\CCCCCCCC)OC(=O)CCCCCCCCCCCCCCC)OC(=O)CCCCCCC/C=C\C/C=C\CCC. The Hall–Kier alpha value is -3.50. The Morgan fingerprint density at radius 2 is 0.551 bits per heavy atom. The molecule has 5 atom stereocenters. The number of aliphatic hydroxyl groups excluding tert-OH is 1. The first-order valence-corrected chi connectivity index (χ1v) is 42.2. The van der Waals surface area contributed by atoms with E-state index in [0.29, 0.717) is 25.7 Å². The third kappa shape index (κ3) is 70.9. The largest absolute Gasteiger partial charge is 0.472 e. The molecule has 0 bridgehead atoms. The summed E-state index contributed by atoms with van der Waals surface area (Å²) in [5.41, 5.74) is 0. The van der Waals surface area contributed by atoms with Crippen molar-refractivity contribution in [2.45, 2.75) is 367 Å². The van der Waals surface area contributed by atoms with E-state index in [1.54, 1.807) is 0 Å². The van der Waals surface area contributed by atoms with Crippen molar-refractivity contribution in [2.75, 3.05) is 39.6 Å². The lowest BCUT2D eigenvalue weighted by Crippen LogP contribution is -2.30. The van der Waals surface area contributed by atoms with E-state index in [-0.39, 0.29) is 25.7 Å². The number of esters is 4. The van der Waals surface area contributed by atoms with Gasteiger partial charge in [-0.2, -0.15) is 0 Å². The lowest BCUT2D eigenvalue weighted by atomic mass is 10.0. The lowest BCUT2D eigenvalue weighted by molar-refractivity contribution is -0.161. The molecule has 3 N–H and O–H groups in total. The van der Waals surface area contributed by atoms with Gasteiger partial charge in [0.15, 0.2) is 12.2 Å². The van der Waals surface area contributed by atoms with Gasteiger partial charge in [0.1, 0.15) is 19.3 Å². The molecule has 0 aromatic rings. The quantitative estimate of drug-likeness (QED) is 0.0169. The summed E-state index contributed by atoms with van der Waals surface area (Å²) in [6.07, 6.45) is 71.7. The number of carbonyl (C=O) groups excluding carboxylic acids is 4. The average Bonchev–Trinajstić information content (AvgIpc) is 0.969. The van der Waals surface area contributed by atoms with E-state index >= 15 is 0 Å². The highest BCUT2D eigenvalue weighted by atomic mass is 31.2. The Labute approximate surface area is 596 Å². The summed E-state index contributed by atoms with van der Waals surface area (Å²) < 4.78 is 68.5. The van der Waals surface area contributed by atoms with E-state index in [0.717, 1.165) is 180 Å². The van der Waals surface area contributed by atoms with Gasteiger partial charge in [-0.25, -0.2) is 9.13 Å². The lowest BCUT2D eigenvalue weighted by Gasteiger charge is -2.21. The molecule has 0 aliphatic heterocycles. The second-order valence-electron chi connectivity index (χ2n) is 26.3. The van der Waals surface area contributed by atoms with Gasteiger partial charge in [-0.3, -0.25) is 37.3 Å². The zero-order chi connectivity index (χ0) is 71.8. The fraction of sp³-hybridized carbons (Fsp3) is 0.797. The van der Waals surface area contributed by atoms with E-state index < -0.39 is 97.5 Å². The van der Waals surface area contributed by atoms with Crippen LogP contribution >= 0.6 is 15.6 Å². The average molecular weight is 1430 g/mol. The maximum atomic E-state index is 13.1. The smallest absolute Gasteiger partial charge is 0.462 e. The monoisotopic (exact) mass is 1420 g/mol. The summed E-state index contributed by atoms with van der Waals surface area (Å²) >= 11 is 0. The molecular weight excluding hydrogens is 1280 g/mol. The van der Waals surface area contributed by atoms with Crippen molar-refractivity contribution in [1.29, 1.82) is 0 Å². The van der Waals surface area contributed by atoms with Crippen LogP contribution in [-0.2, 0) is 65.4 Å². The first-order valence-electron chi connectivity index (χ1n) is 39.2. The highest BCUT2D eigenvalue weighted by Gasteiger charge is 2.30. The van der Waals surface area contributed by atoms with Crippen LogP contribution in [0.25, 0.3) is 0 Å². The highest BCUT2D eigenvalue weighted by molar-refractivity contribution is 7.47. The van der Waals surface area contributed by atoms with Crippen molar-refractivity contribution in [1.82, 2.24) is 0 Å². The molecule has 0 saturated carbocycles. The molecule has 0 aliphatic rings. The Bertz CT molecular complexity index is 2140. The van der Waals surface area contributed by atoms with Crippen LogP contribution in [0.5, 0.6) is 0 Å². The van der Waals surface area contributed by atoms with Crippen LogP contribution in [0, 0.1) is 0 Å². The van der Waals surface area contributed by atoms with Crippen molar-refractivity contribution in [3.8, 4) is 0 Å². The van der Waals surface area contributed by atoms with E-state index in [4.69, 9.17) is 37.0 Å². The number of hydrogen-bond acceptors (Lipinski definition) is 15. The fourth-order valence-corrected chi connectivity index (χ4v) is 12.3. The van der Waals surface area contributed by atoms with Gasteiger partial charge in [-0.05, 0) is 109 Å². The predicted octanol–water partition coefficient (Wildman–Crippen LogP) is 22.4. The van der Waals surface area contributed by atoms with Crippen molar-refractivity contribution < 1.29 is 80.2 Å². The molecule has 19 heteroatoms. The first-order chi connectivity index (χ1) is 47.7. The number of unbranched alkanes of at least 4 members (excludes halogenated alkanes) is 36. The summed E-state index contributed by atoms with van der Waals surface area (Å²) in [4.78, 5) is 72.9. The van der Waals surface area contributed by atoms with Gasteiger partial charge in [0.2, 0.25) is 0 Å². The second-order valence-corrected chi connectivity index (χ2v) is 29.2. The second kappa shape index (κ2) is 71.9. The van der Waals surface area contributed by atoms with E-state index in [2.05, 4.69) is 101 Å². The van der Waals surface area contributed by atoms with Gasteiger partial charge >= 0.3 is 39.5 Å². The van der Waals surface area contributed by atoms with Crippen LogP contribution in [0.15, 0.2) is 72.9 Å². The van der Waals surface area contributed by atoms with Crippen molar-refractivity contribution in [3.05, 3.63) is 72.9 Å². The highest BCUT2D eigenvalue weighted by Crippen LogP contribution is 2.45. The summed E-state index contributed by atoms with van der Waals surface area (Å²) in [5, 5.41) is 10.6. The van der Waals surface area contributed by atoms with Crippen molar-refractivity contribution >= 4 is 39.5 Å². The zero-order valence-electron chi connectivity index (χ0n) is 62.2. The maximum absolute atomic E-state index is 13.1. The summed E-state index contributed by atoms with van der Waals surface area (Å²) in [5.74, 6) is -2.18. The fourth-order valence-electron chi connectivity index (χ4n) is 10.7. The van der Waals surface area contributed by atoms with Gasteiger partial charge in [0, 0.05) is 25.7 Å². The molecule has 5 unspecified atom stereocenters. The molecule has 0 aromatic carbocycles. The summed E-state index contributed by atoms with van der Waals surface area (Å²) in [6, 6.07) is 0. The molecule has 0 rings (SSSR count). The van der Waals surface area contributed by atoms with E-state index in [1.165, 1.54) is 89.9 Å². The number of hydrogen-bond donors (Lipinski definition) is 3. The topological polar surface area (TPSA) is 237 Å². The van der Waals surface area contributed by atoms with Crippen molar-refractivity contribution in [3.63, 3.8) is 0 Å². The minimum absolute atomic E-state index is 0.0785. The number of phosphoric ester groups is 2. The minimum Gasteiger partial charge on any atom is -0.462 e. The van der Waals surface area contributed by atoms with Crippen LogP contribution < -0.4 is 0 Å². The van der Waals surface area contributed by atoms with Gasteiger partial charge in [0.25, 0.3) is 0 Å². The Kier molecular flexibility index (Phi) is 69.3. The van der Waals surface area contributed by atoms with Crippen LogP contribution in [-0.4, -0.2) is 96.7 Å². The molecular formula is C79H142O17P2. The Morgan fingerprint density at radius 3 is 0.867 bits per heavy atom. The van der Waals surface area contributed by atoms with Gasteiger partial charge in [0.05, 0.1) is 26.4 Å². The van der Waals surface area contributed by atoms with Gasteiger partial charge < -0.3 is 33.8 Å². The molecule has 0 amide bonds. The molecule has 0 radical (unpaired) electrons. The molecule has 570 valence electrons. The van der Waals surface area contributed by atoms with Gasteiger partial charge in [-0.15, -0.1) is 0 Å². The molecule has 0 aliphatic carbocycles. The van der Waals surface area contributed by atoms with Crippen LogP contribution in [0.3, 0.4) is 0 Å². The third-order valence-electron chi connectivity index (χ3n) is 16.6. The summed E-state index contributed by atoms with van der Waals surface area (Å²) in [6.45, 7) is 4.71. The number of aliphatic hydroxyl groups is 1. The van der Waals surface area contributed by atoms with Gasteiger partial charge in [-0.1, -0.05) is 287 Å². The molecule has 0 saturated heterocycles. The van der Waals surface area contributed by atoms with Crippen LogP contribution in [0.2, 0.25) is 0 Å². The number of phosphoric acid groups is 2. The molecule has 98 heavy (non-hydrogen) atoms. The zero-order valence-corrected chi connectivity index (χ0v) is 64.0. The molecule has 0 spiro atoms. The normalized spacial score (nSPS) is 14.3. The van der Waals surface area contributed by atoms with Crippen LogP contribution in [0.1, 0.15) is 349 Å². The number of allylic oxidation sites excluding steroid dienone is 12. The molecule has 0 heterocycles. The number of ether oxygens (including phenoxy) is 4.